The fraction of sp³-hybridized carbons (Fsp3) is 0.182. The van der Waals surface area contributed by atoms with E-state index < -0.39 is 23.8 Å². The summed E-state index contributed by atoms with van der Waals surface area (Å²) in [4.78, 5) is 58.8. The van der Waals surface area contributed by atoms with Gasteiger partial charge in [0.05, 0.1) is 26.4 Å². The molecule has 0 aliphatic rings. The lowest BCUT2D eigenvalue weighted by atomic mass is 10.2. The van der Waals surface area contributed by atoms with Gasteiger partial charge in [-0.05, 0) is 48.5 Å². The van der Waals surface area contributed by atoms with Crippen molar-refractivity contribution in [1.82, 2.24) is 0 Å². The van der Waals surface area contributed by atoms with Gasteiger partial charge in [0.1, 0.15) is 0 Å². The summed E-state index contributed by atoms with van der Waals surface area (Å²) >= 11 is 3.84. The van der Waals surface area contributed by atoms with Crippen LogP contribution in [0.15, 0.2) is 48.5 Å². The van der Waals surface area contributed by atoms with E-state index in [0.717, 1.165) is 0 Å². The van der Waals surface area contributed by atoms with Crippen LogP contribution in [-0.4, -0.2) is 44.5 Å². The number of amides is 2. The number of benzene rings is 2. The molecule has 10 nitrogen and oxygen atoms in total. The van der Waals surface area contributed by atoms with Gasteiger partial charge in [-0.1, -0.05) is 45.2 Å². The number of nitrogens with one attached hydrogen (secondary N) is 3. The number of alkyl halides is 2. The number of esters is 3. The number of ether oxygens (including phenoxy) is 2. The van der Waals surface area contributed by atoms with Crippen LogP contribution < -0.4 is 10.6 Å². The summed E-state index contributed by atoms with van der Waals surface area (Å²) in [6.45, 7) is 0. The summed E-state index contributed by atoms with van der Waals surface area (Å²) in [6, 6.07) is 11.7. The lowest BCUT2D eigenvalue weighted by molar-refractivity contribution is -0.137. The van der Waals surface area contributed by atoms with Crippen molar-refractivity contribution in [3.8, 4) is 0 Å². The molecule has 0 fully saturated rings. The van der Waals surface area contributed by atoms with Crippen molar-refractivity contribution in [3.05, 3.63) is 59.7 Å². The minimum absolute atomic E-state index is 0.112. The molecule has 3 N–H and O–H groups in total. The molecule has 178 valence electrons. The molecule has 34 heavy (non-hydrogen) atoms. The van der Waals surface area contributed by atoms with Crippen LogP contribution in [-0.2, 0) is 23.9 Å². The van der Waals surface area contributed by atoms with E-state index in [1.165, 1.54) is 48.5 Å². The summed E-state index contributed by atoms with van der Waals surface area (Å²) in [7, 11) is 0. The summed E-state index contributed by atoms with van der Waals surface area (Å²) in [6.07, 6.45) is -0.591. The van der Waals surface area contributed by atoms with Gasteiger partial charge in [-0.15, -0.1) is 0 Å². The van der Waals surface area contributed by atoms with Crippen LogP contribution in [0, 0.1) is 5.41 Å². The molecule has 0 atom stereocenters. The fourth-order valence-electron chi connectivity index (χ4n) is 2.42. The van der Waals surface area contributed by atoms with Crippen molar-refractivity contribution in [2.24, 2.45) is 0 Å². The Bertz CT molecular complexity index is 999. The van der Waals surface area contributed by atoms with Crippen LogP contribution in [0.3, 0.4) is 0 Å². The highest BCUT2D eigenvalue weighted by molar-refractivity contribution is 14.1. The van der Waals surface area contributed by atoms with Crippen LogP contribution in [0.2, 0.25) is 0 Å². The van der Waals surface area contributed by atoms with Gasteiger partial charge in [-0.3, -0.25) is 19.8 Å². The third kappa shape index (κ3) is 9.17. The summed E-state index contributed by atoms with van der Waals surface area (Å²) in [5, 5.41) is 13.0. The Morgan fingerprint density at radius 3 is 1.50 bits per heavy atom. The standard InChI is InChI=1S/C22H19I2N3O7/c23-11-18(28)26-15-5-1-13(2-6-15)21(31)33-17(25)9-10-20(30)34-22(32)14-3-7-16(8-4-14)27-19(29)12-24/h1-8,25H,9-12H2,(H,26,28)(H,27,29). The van der Waals surface area contributed by atoms with Gasteiger partial charge in [-0.2, -0.15) is 0 Å². The van der Waals surface area contributed by atoms with Gasteiger partial charge in [0.25, 0.3) is 0 Å². The highest BCUT2D eigenvalue weighted by Gasteiger charge is 2.16. The molecule has 2 rings (SSSR count). The van der Waals surface area contributed by atoms with Gasteiger partial charge in [0.2, 0.25) is 11.8 Å². The van der Waals surface area contributed by atoms with Gasteiger partial charge in [0.15, 0.2) is 5.90 Å². The second kappa shape index (κ2) is 13.7. The molecule has 0 spiro atoms. The lowest BCUT2D eigenvalue weighted by Crippen LogP contribution is -2.17. The first kappa shape index (κ1) is 27.4. The number of halogens is 2. The normalized spacial score (nSPS) is 10.1. The first-order chi connectivity index (χ1) is 16.2. The molecule has 0 saturated heterocycles. The third-order valence-electron chi connectivity index (χ3n) is 4.03. The predicted molar refractivity (Wildman–Crippen MR) is 141 cm³/mol. The maximum atomic E-state index is 12.1. The molecule has 0 saturated carbocycles. The minimum atomic E-state index is -0.886. The highest BCUT2D eigenvalue weighted by atomic mass is 127. The number of hydrogen-bond donors (Lipinski definition) is 3. The number of hydrogen-bond acceptors (Lipinski definition) is 8. The van der Waals surface area contributed by atoms with Crippen molar-refractivity contribution in [2.75, 3.05) is 19.5 Å². The number of anilines is 2. The van der Waals surface area contributed by atoms with Crippen LogP contribution in [0.1, 0.15) is 33.6 Å². The molecule has 0 bridgehead atoms. The van der Waals surface area contributed by atoms with Gasteiger partial charge in [-0.25, -0.2) is 9.59 Å². The minimum Gasteiger partial charge on any atom is -0.409 e. The van der Waals surface area contributed by atoms with Crippen molar-refractivity contribution >= 4 is 92.2 Å². The lowest BCUT2D eigenvalue weighted by Gasteiger charge is -2.08. The molecule has 2 amide bonds. The van der Waals surface area contributed by atoms with Crippen LogP contribution in [0.25, 0.3) is 0 Å². The topological polar surface area (TPSA) is 152 Å². The maximum Gasteiger partial charge on any atom is 0.345 e. The summed E-state index contributed by atoms with van der Waals surface area (Å²) in [5.41, 5.74) is 1.29. The molecule has 12 heteroatoms. The Morgan fingerprint density at radius 1 is 0.676 bits per heavy atom. The van der Waals surface area contributed by atoms with E-state index in [2.05, 4.69) is 10.6 Å². The SMILES string of the molecule is N=C(CCC(=O)OC(=O)c1ccc(NC(=O)CI)cc1)OC(=O)c1ccc(NC(=O)CI)cc1. The van der Waals surface area contributed by atoms with Crippen LogP contribution in [0.5, 0.6) is 0 Å². The zero-order chi connectivity index (χ0) is 25.1. The summed E-state index contributed by atoms with van der Waals surface area (Å²) in [5.74, 6) is -3.40. The Kier molecular flexibility index (Phi) is 11.1. The first-order valence-electron chi connectivity index (χ1n) is 9.68. The second-order valence-electron chi connectivity index (χ2n) is 6.59. The average molecular weight is 691 g/mol. The van der Waals surface area contributed by atoms with Crippen molar-refractivity contribution in [3.63, 3.8) is 0 Å². The molecular formula is C22H19I2N3O7. The number of rotatable bonds is 9. The Morgan fingerprint density at radius 2 is 1.09 bits per heavy atom. The quantitative estimate of drug-likeness (QED) is 0.0906. The first-order valence-corrected chi connectivity index (χ1v) is 12.7. The van der Waals surface area contributed by atoms with E-state index >= 15 is 0 Å². The molecule has 0 aliphatic heterocycles. The Labute approximate surface area is 221 Å². The van der Waals surface area contributed by atoms with E-state index in [1.54, 1.807) is 0 Å². The number of carbonyl (C=O) groups excluding carboxylic acids is 5. The second-order valence-corrected chi connectivity index (χ2v) is 8.12. The molecule has 0 radical (unpaired) electrons. The Hall–Kier alpha value is -2.88. The molecular weight excluding hydrogens is 672 g/mol. The van der Waals surface area contributed by atoms with Gasteiger partial charge in [0, 0.05) is 17.8 Å². The monoisotopic (exact) mass is 691 g/mol. The smallest absolute Gasteiger partial charge is 0.345 e. The molecule has 0 aliphatic carbocycles. The van der Waals surface area contributed by atoms with E-state index in [4.69, 9.17) is 14.9 Å². The molecule has 2 aromatic rings. The zero-order valence-electron chi connectivity index (χ0n) is 17.6. The van der Waals surface area contributed by atoms with Gasteiger partial charge < -0.3 is 20.1 Å². The maximum absolute atomic E-state index is 12.1. The fourth-order valence-corrected chi connectivity index (χ4v) is 2.80. The van der Waals surface area contributed by atoms with Crippen molar-refractivity contribution in [2.45, 2.75) is 12.8 Å². The predicted octanol–water partition coefficient (Wildman–Crippen LogP) is 3.73. The van der Waals surface area contributed by atoms with Gasteiger partial charge >= 0.3 is 17.9 Å². The molecule has 2 aromatic carbocycles. The average Bonchev–Trinajstić information content (AvgIpc) is 2.83. The molecule has 0 unspecified atom stereocenters. The van der Waals surface area contributed by atoms with Crippen molar-refractivity contribution < 1.29 is 33.4 Å². The third-order valence-corrected chi connectivity index (χ3v) is 5.42. The van der Waals surface area contributed by atoms with E-state index in [0.29, 0.717) is 11.4 Å². The molecule has 0 aromatic heterocycles. The summed E-state index contributed by atoms with van der Waals surface area (Å²) < 4.78 is 10.2. The Balaban J connectivity index is 1.78. The zero-order valence-corrected chi connectivity index (χ0v) is 21.9. The number of carbonyl (C=O) groups is 5. The van der Waals surface area contributed by atoms with E-state index in [-0.39, 0.29) is 44.6 Å². The van der Waals surface area contributed by atoms with Crippen LogP contribution in [0.4, 0.5) is 11.4 Å². The van der Waals surface area contributed by atoms with E-state index in [9.17, 15) is 24.0 Å². The van der Waals surface area contributed by atoms with Crippen molar-refractivity contribution in [1.29, 1.82) is 5.41 Å². The largest absolute Gasteiger partial charge is 0.409 e. The molecule has 0 heterocycles. The highest BCUT2D eigenvalue weighted by Crippen LogP contribution is 2.13. The van der Waals surface area contributed by atoms with E-state index in [1.807, 2.05) is 45.2 Å². The van der Waals surface area contributed by atoms with Crippen LogP contribution >= 0.6 is 45.2 Å².